The summed E-state index contributed by atoms with van der Waals surface area (Å²) in [6.45, 7) is 8.21. The summed E-state index contributed by atoms with van der Waals surface area (Å²) in [5.74, 6) is -0.596. The summed E-state index contributed by atoms with van der Waals surface area (Å²) in [4.78, 5) is 31.9. The highest BCUT2D eigenvalue weighted by molar-refractivity contribution is 7.13. The Morgan fingerprint density at radius 2 is 2.00 bits per heavy atom. The first-order valence-corrected chi connectivity index (χ1v) is 7.02. The van der Waals surface area contributed by atoms with Crippen molar-refractivity contribution in [1.82, 2.24) is 4.98 Å². The van der Waals surface area contributed by atoms with Gasteiger partial charge in [0.2, 0.25) is 5.60 Å². The lowest BCUT2D eigenvalue weighted by atomic mass is 10.1. The fourth-order valence-corrected chi connectivity index (χ4v) is 1.66. The molecule has 1 aromatic heterocycles. The van der Waals surface area contributed by atoms with Gasteiger partial charge in [0.25, 0.3) is 6.29 Å². The van der Waals surface area contributed by atoms with E-state index in [2.05, 4.69) is 10.1 Å². The van der Waals surface area contributed by atoms with Crippen LogP contribution < -0.4 is 5.73 Å². The largest absolute Gasteiger partial charge is 0.457 e. The van der Waals surface area contributed by atoms with E-state index in [4.69, 9.17) is 15.3 Å². The van der Waals surface area contributed by atoms with Crippen molar-refractivity contribution < 1.29 is 19.2 Å². The van der Waals surface area contributed by atoms with Crippen LogP contribution in [-0.2, 0) is 19.2 Å². The molecule has 0 saturated carbocycles. The summed E-state index contributed by atoms with van der Waals surface area (Å²) in [5, 5.41) is 5.46. The van der Waals surface area contributed by atoms with Crippen molar-refractivity contribution in [1.29, 1.82) is 0 Å². The van der Waals surface area contributed by atoms with Gasteiger partial charge in [-0.2, -0.15) is 0 Å². The van der Waals surface area contributed by atoms with Crippen molar-refractivity contribution in [2.45, 2.75) is 45.8 Å². The third-order valence-corrected chi connectivity index (χ3v) is 2.79. The lowest BCUT2D eigenvalue weighted by molar-refractivity contribution is -0.179. The molecule has 0 atom stereocenters. The third-order valence-electron chi connectivity index (χ3n) is 2.12. The van der Waals surface area contributed by atoms with E-state index >= 15 is 0 Å². The van der Waals surface area contributed by atoms with Crippen LogP contribution in [0.2, 0.25) is 0 Å². The zero-order valence-corrected chi connectivity index (χ0v) is 13.4. The van der Waals surface area contributed by atoms with Crippen LogP contribution in [0.5, 0.6) is 0 Å². The van der Waals surface area contributed by atoms with E-state index in [0.29, 0.717) is 5.13 Å². The number of hydrogen-bond donors (Lipinski definition) is 1. The minimum absolute atomic E-state index is 0.167. The number of rotatable bonds is 5. The zero-order valence-electron chi connectivity index (χ0n) is 12.6. The Bertz CT molecular complexity index is 558. The maximum atomic E-state index is 12.0. The topological polar surface area (TPSA) is 104 Å². The smallest absolute Gasteiger partial charge is 0.353 e. The average molecular weight is 312 g/mol. The SMILES string of the molecule is CC(C)(C)OC(=O)C(C)(C)ON=C([C]=O)c1csc(N)n1. The van der Waals surface area contributed by atoms with Crippen LogP contribution in [0.15, 0.2) is 10.5 Å². The molecule has 1 radical (unpaired) electrons. The van der Waals surface area contributed by atoms with Gasteiger partial charge in [0.05, 0.1) is 0 Å². The van der Waals surface area contributed by atoms with Crippen molar-refractivity contribution in [3.63, 3.8) is 0 Å². The molecule has 0 spiro atoms. The highest BCUT2D eigenvalue weighted by atomic mass is 32.1. The monoisotopic (exact) mass is 312 g/mol. The summed E-state index contributed by atoms with van der Waals surface area (Å²) >= 11 is 1.16. The Balaban J connectivity index is 2.85. The molecule has 0 fully saturated rings. The Kier molecular flexibility index (Phi) is 5.06. The molecule has 0 aromatic carbocycles. The number of anilines is 1. The van der Waals surface area contributed by atoms with E-state index in [-0.39, 0.29) is 11.4 Å². The molecule has 1 aromatic rings. The molecule has 8 heteroatoms. The lowest BCUT2D eigenvalue weighted by Gasteiger charge is -2.26. The van der Waals surface area contributed by atoms with Crippen molar-refractivity contribution in [3.8, 4) is 0 Å². The van der Waals surface area contributed by atoms with Gasteiger partial charge in [-0.15, -0.1) is 11.3 Å². The molecular weight excluding hydrogens is 294 g/mol. The van der Waals surface area contributed by atoms with Crippen LogP contribution in [0.1, 0.15) is 40.3 Å². The molecule has 0 unspecified atom stereocenters. The maximum Gasteiger partial charge on any atom is 0.353 e. The van der Waals surface area contributed by atoms with Crippen LogP contribution in [0.3, 0.4) is 0 Å². The fraction of sp³-hybridized carbons (Fsp3) is 0.538. The van der Waals surface area contributed by atoms with Crippen LogP contribution in [0.4, 0.5) is 5.13 Å². The quantitative estimate of drug-likeness (QED) is 0.504. The molecule has 1 rings (SSSR count). The first-order valence-electron chi connectivity index (χ1n) is 6.14. The van der Waals surface area contributed by atoms with Gasteiger partial charge < -0.3 is 15.3 Å². The van der Waals surface area contributed by atoms with E-state index in [1.165, 1.54) is 13.8 Å². The first-order chi connectivity index (χ1) is 9.55. The van der Waals surface area contributed by atoms with Gasteiger partial charge in [0.15, 0.2) is 10.8 Å². The summed E-state index contributed by atoms with van der Waals surface area (Å²) in [6.07, 6.45) is 1.60. The Labute approximate surface area is 127 Å². The number of nitrogen functional groups attached to an aromatic ring is 1. The highest BCUT2D eigenvalue weighted by Gasteiger charge is 2.35. The summed E-state index contributed by atoms with van der Waals surface area (Å²) in [5.41, 5.74) is 3.56. The van der Waals surface area contributed by atoms with E-state index in [1.807, 2.05) is 0 Å². The van der Waals surface area contributed by atoms with Gasteiger partial charge in [-0.1, -0.05) is 5.16 Å². The second-order valence-corrected chi connectivity index (χ2v) is 6.61. The van der Waals surface area contributed by atoms with E-state index in [0.717, 1.165) is 11.3 Å². The number of carbonyl (C=O) groups is 1. The molecule has 0 amide bonds. The van der Waals surface area contributed by atoms with Gasteiger partial charge >= 0.3 is 5.97 Å². The average Bonchev–Trinajstić information content (AvgIpc) is 2.74. The number of ether oxygens (including phenoxy) is 1. The highest BCUT2D eigenvalue weighted by Crippen LogP contribution is 2.18. The summed E-state index contributed by atoms with van der Waals surface area (Å²) < 4.78 is 5.21. The molecule has 21 heavy (non-hydrogen) atoms. The number of esters is 1. The minimum Gasteiger partial charge on any atom is -0.457 e. The predicted molar refractivity (Wildman–Crippen MR) is 79.8 cm³/mol. The van der Waals surface area contributed by atoms with Gasteiger partial charge in [-0.05, 0) is 34.6 Å². The van der Waals surface area contributed by atoms with Crippen LogP contribution >= 0.6 is 11.3 Å². The summed E-state index contributed by atoms with van der Waals surface area (Å²) in [6, 6.07) is 0. The molecule has 0 aliphatic heterocycles. The second kappa shape index (κ2) is 6.21. The fourth-order valence-electron chi connectivity index (χ4n) is 1.11. The minimum atomic E-state index is -1.35. The maximum absolute atomic E-state index is 12.0. The van der Waals surface area contributed by atoms with Crippen molar-refractivity contribution in [3.05, 3.63) is 11.1 Å². The molecule has 7 nitrogen and oxygen atoms in total. The standard InChI is InChI=1S/C13H18N3O4S/c1-12(2,3)19-10(18)13(4,5)20-16-8(6-17)9-7-21-11(14)15-9/h7H,1-5H3,(H2,14,15). The van der Waals surface area contributed by atoms with Gasteiger partial charge in [0, 0.05) is 5.38 Å². The number of oxime groups is 1. The number of nitrogens with zero attached hydrogens (tertiary/aromatic N) is 2. The lowest BCUT2D eigenvalue weighted by Crippen LogP contribution is -2.40. The summed E-state index contributed by atoms with van der Waals surface area (Å²) in [7, 11) is 0. The Morgan fingerprint density at radius 1 is 1.38 bits per heavy atom. The van der Waals surface area contributed by atoms with E-state index in [1.54, 1.807) is 32.4 Å². The van der Waals surface area contributed by atoms with Gasteiger partial charge in [-0.3, -0.25) is 4.79 Å². The van der Waals surface area contributed by atoms with Gasteiger partial charge in [-0.25, -0.2) is 9.78 Å². The number of thiazole rings is 1. The molecule has 0 saturated heterocycles. The molecule has 0 bridgehead atoms. The van der Waals surface area contributed by atoms with Gasteiger partial charge in [0.1, 0.15) is 11.3 Å². The Morgan fingerprint density at radius 3 is 2.43 bits per heavy atom. The van der Waals surface area contributed by atoms with E-state index in [9.17, 15) is 9.59 Å². The first kappa shape index (κ1) is 17.1. The molecule has 0 aliphatic rings. The normalized spacial score (nSPS) is 12.9. The van der Waals surface area contributed by atoms with Crippen LogP contribution in [-0.4, -0.2) is 34.2 Å². The van der Waals surface area contributed by atoms with Crippen LogP contribution in [0.25, 0.3) is 0 Å². The van der Waals surface area contributed by atoms with Crippen molar-refractivity contribution >= 4 is 34.4 Å². The third kappa shape index (κ3) is 5.14. The van der Waals surface area contributed by atoms with Crippen molar-refractivity contribution in [2.75, 3.05) is 5.73 Å². The number of aromatic nitrogens is 1. The molecular formula is C13H18N3O4S. The molecule has 2 N–H and O–H groups in total. The second-order valence-electron chi connectivity index (χ2n) is 5.72. The zero-order chi connectivity index (χ0) is 16.3. The van der Waals surface area contributed by atoms with Crippen molar-refractivity contribution in [2.24, 2.45) is 5.16 Å². The number of carbonyl (C=O) groups excluding carboxylic acids is 2. The Hall–Kier alpha value is -1.96. The predicted octanol–water partition coefficient (Wildman–Crippen LogP) is 1.68. The number of hydrogen-bond acceptors (Lipinski definition) is 8. The number of nitrogens with two attached hydrogens (primary N) is 1. The molecule has 0 aliphatic carbocycles. The molecule has 115 valence electrons. The van der Waals surface area contributed by atoms with Crippen LogP contribution in [0, 0.1) is 0 Å². The molecule has 1 heterocycles. The van der Waals surface area contributed by atoms with E-state index < -0.39 is 17.2 Å².